The molecule has 1 saturated carbocycles. The van der Waals surface area contributed by atoms with Crippen LogP contribution < -0.4 is 5.32 Å². The highest BCUT2D eigenvalue weighted by atomic mass is 14.9. The molecule has 0 aromatic heterocycles. The van der Waals surface area contributed by atoms with Gasteiger partial charge in [0.25, 0.3) is 0 Å². The molecule has 1 aliphatic heterocycles. The highest BCUT2D eigenvalue weighted by molar-refractivity contribution is 4.91. The van der Waals surface area contributed by atoms with E-state index in [9.17, 15) is 0 Å². The Kier molecular flexibility index (Phi) is 2.39. The van der Waals surface area contributed by atoms with Crippen LogP contribution in [0.4, 0.5) is 0 Å². The fourth-order valence-corrected chi connectivity index (χ4v) is 3.02. The van der Waals surface area contributed by atoms with Crippen LogP contribution in [0.15, 0.2) is 0 Å². The summed E-state index contributed by atoms with van der Waals surface area (Å²) in [6.45, 7) is 7.44. The SMILES string of the molecule is CC1(C)CCCC2(CCNC2)CC1. The Labute approximate surface area is 82.3 Å². The van der Waals surface area contributed by atoms with E-state index in [2.05, 4.69) is 19.2 Å². The summed E-state index contributed by atoms with van der Waals surface area (Å²) in [4.78, 5) is 0. The second-order valence-corrected chi connectivity index (χ2v) is 5.94. The molecule has 2 rings (SSSR count). The van der Waals surface area contributed by atoms with E-state index in [-0.39, 0.29) is 0 Å². The molecular formula is C12H23N. The average Bonchev–Trinajstić information content (AvgIpc) is 2.44. The van der Waals surface area contributed by atoms with E-state index < -0.39 is 0 Å². The van der Waals surface area contributed by atoms with Crippen LogP contribution in [-0.4, -0.2) is 13.1 Å². The molecule has 76 valence electrons. The Balaban J connectivity index is 2.01. The first-order valence-electron chi connectivity index (χ1n) is 5.83. The molecule has 1 N–H and O–H groups in total. The second kappa shape index (κ2) is 3.27. The molecule has 1 saturated heterocycles. The predicted molar refractivity (Wildman–Crippen MR) is 56.8 cm³/mol. The van der Waals surface area contributed by atoms with E-state index in [1.54, 1.807) is 0 Å². The Morgan fingerprint density at radius 3 is 2.46 bits per heavy atom. The maximum atomic E-state index is 3.54. The van der Waals surface area contributed by atoms with Gasteiger partial charge in [-0.25, -0.2) is 0 Å². The third-order valence-electron chi connectivity index (χ3n) is 4.22. The minimum Gasteiger partial charge on any atom is -0.316 e. The van der Waals surface area contributed by atoms with E-state index in [0.717, 1.165) is 0 Å². The molecule has 0 amide bonds. The van der Waals surface area contributed by atoms with Gasteiger partial charge in [-0.3, -0.25) is 0 Å². The largest absolute Gasteiger partial charge is 0.316 e. The van der Waals surface area contributed by atoms with Gasteiger partial charge in [0.15, 0.2) is 0 Å². The van der Waals surface area contributed by atoms with Gasteiger partial charge in [-0.05, 0) is 49.5 Å². The van der Waals surface area contributed by atoms with Crippen LogP contribution in [0.2, 0.25) is 0 Å². The average molecular weight is 181 g/mol. The molecule has 0 bridgehead atoms. The molecule has 1 nitrogen and oxygen atoms in total. The van der Waals surface area contributed by atoms with Crippen LogP contribution in [0.5, 0.6) is 0 Å². The van der Waals surface area contributed by atoms with Gasteiger partial charge in [0.05, 0.1) is 0 Å². The molecule has 2 fully saturated rings. The van der Waals surface area contributed by atoms with Gasteiger partial charge in [0, 0.05) is 6.54 Å². The van der Waals surface area contributed by atoms with Crippen molar-refractivity contribution in [3.63, 3.8) is 0 Å². The Bertz CT molecular complexity index is 178. The fourth-order valence-electron chi connectivity index (χ4n) is 3.02. The van der Waals surface area contributed by atoms with E-state index in [1.165, 1.54) is 51.6 Å². The van der Waals surface area contributed by atoms with Gasteiger partial charge in [-0.15, -0.1) is 0 Å². The zero-order chi connectivity index (χ0) is 9.36. The number of rotatable bonds is 0. The zero-order valence-corrected chi connectivity index (χ0v) is 9.16. The fraction of sp³-hybridized carbons (Fsp3) is 1.00. The molecule has 1 aliphatic carbocycles. The molecule has 0 aromatic rings. The first kappa shape index (κ1) is 9.51. The van der Waals surface area contributed by atoms with Crippen molar-refractivity contribution in [3.8, 4) is 0 Å². The zero-order valence-electron chi connectivity index (χ0n) is 9.16. The predicted octanol–water partition coefficient (Wildman–Crippen LogP) is 2.96. The van der Waals surface area contributed by atoms with Crippen LogP contribution in [0.25, 0.3) is 0 Å². The molecule has 1 heterocycles. The number of nitrogens with one attached hydrogen (secondary N) is 1. The highest BCUT2D eigenvalue weighted by Gasteiger charge is 2.37. The highest BCUT2D eigenvalue weighted by Crippen LogP contribution is 2.45. The lowest BCUT2D eigenvalue weighted by Crippen LogP contribution is -2.23. The lowest BCUT2D eigenvalue weighted by atomic mass is 9.78. The van der Waals surface area contributed by atoms with Crippen molar-refractivity contribution < 1.29 is 0 Å². The van der Waals surface area contributed by atoms with Gasteiger partial charge in [0.1, 0.15) is 0 Å². The third-order valence-corrected chi connectivity index (χ3v) is 4.22. The Morgan fingerprint density at radius 1 is 0.923 bits per heavy atom. The molecular weight excluding hydrogens is 158 g/mol. The van der Waals surface area contributed by atoms with E-state index >= 15 is 0 Å². The summed E-state index contributed by atoms with van der Waals surface area (Å²) in [5, 5.41) is 3.54. The number of hydrogen-bond donors (Lipinski definition) is 1. The van der Waals surface area contributed by atoms with Gasteiger partial charge < -0.3 is 5.32 Å². The topological polar surface area (TPSA) is 12.0 Å². The van der Waals surface area contributed by atoms with Gasteiger partial charge in [-0.1, -0.05) is 20.3 Å². The molecule has 2 aliphatic rings. The summed E-state index contributed by atoms with van der Waals surface area (Å²) in [6.07, 6.45) is 8.71. The summed E-state index contributed by atoms with van der Waals surface area (Å²) in [5.74, 6) is 0. The van der Waals surface area contributed by atoms with E-state index in [4.69, 9.17) is 0 Å². The second-order valence-electron chi connectivity index (χ2n) is 5.94. The maximum Gasteiger partial charge on any atom is 0.000829 e. The van der Waals surface area contributed by atoms with Crippen LogP contribution in [-0.2, 0) is 0 Å². The molecule has 1 heteroatoms. The van der Waals surface area contributed by atoms with Crippen molar-refractivity contribution in [1.82, 2.24) is 5.32 Å². The van der Waals surface area contributed by atoms with E-state index in [1.807, 2.05) is 0 Å². The lowest BCUT2D eigenvalue weighted by Gasteiger charge is -2.27. The van der Waals surface area contributed by atoms with Gasteiger partial charge >= 0.3 is 0 Å². The van der Waals surface area contributed by atoms with Gasteiger partial charge in [0.2, 0.25) is 0 Å². The molecule has 0 radical (unpaired) electrons. The molecule has 1 spiro atoms. The van der Waals surface area contributed by atoms with Crippen molar-refractivity contribution in [1.29, 1.82) is 0 Å². The van der Waals surface area contributed by atoms with Crippen molar-refractivity contribution >= 4 is 0 Å². The van der Waals surface area contributed by atoms with E-state index in [0.29, 0.717) is 10.8 Å². The maximum absolute atomic E-state index is 3.54. The van der Waals surface area contributed by atoms with Crippen molar-refractivity contribution in [2.24, 2.45) is 10.8 Å². The molecule has 13 heavy (non-hydrogen) atoms. The first-order chi connectivity index (χ1) is 6.12. The van der Waals surface area contributed by atoms with Crippen LogP contribution in [0, 0.1) is 10.8 Å². The van der Waals surface area contributed by atoms with Gasteiger partial charge in [-0.2, -0.15) is 0 Å². The molecule has 0 aromatic carbocycles. The van der Waals surface area contributed by atoms with Crippen molar-refractivity contribution in [2.75, 3.05) is 13.1 Å². The van der Waals surface area contributed by atoms with Crippen LogP contribution in [0.3, 0.4) is 0 Å². The summed E-state index contributed by atoms with van der Waals surface area (Å²) in [5.41, 5.74) is 1.32. The van der Waals surface area contributed by atoms with Crippen molar-refractivity contribution in [2.45, 2.75) is 52.4 Å². The molecule has 1 unspecified atom stereocenters. The monoisotopic (exact) mass is 181 g/mol. The normalized spacial score (nSPS) is 39.2. The summed E-state index contributed by atoms with van der Waals surface area (Å²) < 4.78 is 0. The Hall–Kier alpha value is -0.0400. The minimum atomic E-state index is 0.617. The molecule has 1 atom stereocenters. The quantitative estimate of drug-likeness (QED) is 0.606. The van der Waals surface area contributed by atoms with Crippen LogP contribution in [0.1, 0.15) is 52.4 Å². The van der Waals surface area contributed by atoms with Crippen molar-refractivity contribution in [3.05, 3.63) is 0 Å². The lowest BCUT2D eigenvalue weighted by molar-refractivity contribution is 0.253. The summed E-state index contributed by atoms with van der Waals surface area (Å²) >= 11 is 0. The third kappa shape index (κ3) is 2.07. The van der Waals surface area contributed by atoms with Crippen LogP contribution >= 0.6 is 0 Å². The standard InChI is InChI=1S/C12H23N/c1-11(2)4-3-5-12(7-6-11)8-9-13-10-12/h13H,3-10H2,1-2H3. The Morgan fingerprint density at radius 2 is 1.77 bits per heavy atom. The minimum absolute atomic E-state index is 0.617. The smallest absolute Gasteiger partial charge is 0.000829 e. The number of hydrogen-bond acceptors (Lipinski definition) is 1. The summed E-state index contributed by atoms with van der Waals surface area (Å²) in [7, 11) is 0. The first-order valence-corrected chi connectivity index (χ1v) is 5.83. The summed E-state index contributed by atoms with van der Waals surface area (Å²) in [6, 6.07) is 0.